The zero-order chi connectivity index (χ0) is 21.8. The van der Waals surface area contributed by atoms with Crippen molar-refractivity contribution >= 4 is 11.7 Å². The molecule has 2 atom stereocenters. The van der Waals surface area contributed by atoms with Crippen molar-refractivity contribution in [2.45, 2.75) is 32.3 Å². The van der Waals surface area contributed by atoms with E-state index in [1.165, 1.54) is 26.4 Å². The fraction of sp³-hybridized carbons (Fsp3) is 0.440. The molecule has 164 valence electrons. The topological polar surface area (TPSA) is 67.9 Å². The number of rotatable bonds is 6. The maximum absolute atomic E-state index is 13.2. The Morgan fingerprint density at radius 2 is 1.90 bits per heavy atom. The normalized spacial score (nSPS) is 21.2. The fourth-order valence-corrected chi connectivity index (χ4v) is 4.42. The van der Waals surface area contributed by atoms with E-state index in [1.54, 1.807) is 12.1 Å². The highest BCUT2D eigenvalue weighted by Crippen LogP contribution is 2.42. The predicted molar refractivity (Wildman–Crippen MR) is 119 cm³/mol. The van der Waals surface area contributed by atoms with Crippen LogP contribution in [0.3, 0.4) is 0 Å². The Balaban J connectivity index is 1.58. The number of piperidine rings is 1. The minimum atomic E-state index is -0.436. The number of hydrogen-bond acceptors (Lipinski definition) is 5. The maximum Gasteiger partial charge on any atom is 0.255 e. The molecular weight excluding hydrogens is 392 g/mol. The zero-order valence-corrected chi connectivity index (χ0v) is 18.2. The highest BCUT2D eigenvalue weighted by molar-refractivity contribution is 6.07. The number of hydrogen-bond donors (Lipinski definition) is 1. The van der Waals surface area contributed by atoms with Gasteiger partial charge >= 0.3 is 0 Å². The highest BCUT2D eigenvalue weighted by Gasteiger charge is 2.37. The SMILES string of the molecule is COc1cc(C(=O)NCCN2CCCCC2)c2c(c1)C(=O)[C@H](C)[C@H](c1ccccc1)O2. The lowest BCUT2D eigenvalue weighted by Gasteiger charge is -2.32. The molecule has 1 amide bonds. The molecule has 0 saturated carbocycles. The van der Waals surface area contributed by atoms with Gasteiger partial charge in [0, 0.05) is 13.1 Å². The van der Waals surface area contributed by atoms with Crippen molar-refractivity contribution in [3.63, 3.8) is 0 Å². The molecule has 0 aromatic heterocycles. The van der Waals surface area contributed by atoms with Crippen LogP contribution in [-0.2, 0) is 0 Å². The van der Waals surface area contributed by atoms with E-state index in [0.717, 1.165) is 25.2 Å². The van der Waals surface area contributed by atoms with Crippen molar-refractivity contribution in [2.24, 2.45) is 5.92 Å². The van der Waals surface area contributed by atoms with E-state index in [0.29, 0.717) is 29.2 Å². The van der Waals surface area contributed by atoms with E-state index in [1.807, 2.05) is 37.3 Å². The lowest BCUT2D eigenvalue weighted by molar-refractivity contribution is 0.0682. The summed E-state index contributed by atoms with van der Waals surface area (Å²) < 4.78 is 11.7. The Bertz CT molecular complexity index is 938. The number of likely N-dealkylation sites (tertiary alicyclic amines) is 1. The van der Waals surface area contributed by atoms with Crippen LogP contribution in [0.15, 0.2) is 42.5 Å². The molecule has 31 heavy (non-hydrogen) atoms. The van der Waals surface area contributed by atoms with Crippen molar-refractivity contribution in [3.8, 4) is 11.5 Å². The summed E-state index contributed by atoms with van der Waals surface area (Å²) in [6.07, 6.45) is 3.28. The van der Waals surface area contributed by atoms with Crippen LogP contribution in [0.1, 0.15) is 58.6 Å². The van der Waals surface area contributed by atoms with Gasteiger partial charge in [0.05, 0.1) is 24.2 Å². The summed E-state index contributed by atoms with van der Waals surface area (Å²) in [7, 11) is 1.53. The van der Waals surface area contributed by atoms with Crippen molar-refractivity contribution in [1.82, 2.24) is 10.2 Å². The van der Waals surface area contributed by atoms with E-state index in [2.05, 4.69) is 10.2 Å². The van der Waals surface area contributed by atoms with Crippen LogP contribution in [0, 0.1) is 5.92 Å². The molecule has 6 heteroatoms. The second-order valence-corrected chi connectivity index (χ2v) is 8.31. The van der Waals surface area contributed by atoms with E-state index >= 15 is 0 Å². The van der Waals surface area contributed by atoms with Gasteiger partial charge in [-0.15, -0.1) is 0 Å². The maximum atomic E-state index is 13.2. The number of fused-ring (bicyclic) bond motifs is 1. The van der Waals surface area contributed by atoms with Gasteiger partial charge in [-0.2, -0.15) is 0 Å². The lowest BCUT2D eigenvalue weighted by atomic mass is 9.86. The molecule has 1 fully saturated rings. The first-order valence-corrected chi connectivity index (χ1v) is 11.1. The molecule has 2 aliphatic rings. The van der Waals surface area contributed by atoms with Crippen LogP contribution < -0.4 is 14.8 Å². The Kier molecular flexibility index (Phi) is 6.56. The fourth-order valence-electron chi connectivity index (χ4n) is 4.42. The molecule has 0 spiro atoms. The van der Waals surface area contributed by atoms with Gasteiger partial charge in [0.25, 0.3) is 5.91 Å². The molecule has 0 bridgehead atoms. The molecule has 6 nitrogen and oxygen atoms in total. The number of nitrogens with one attached hydrogen (secondary N) is 1. The van der Waals surface area contributed by atoms with Gasteiger partial charge in [-0.25, -0.2) is 0 Å². The molecule has 4 rings (SSSR count). The van der Waals surface area contributed by atoms with Gasteiger partial charge in [-0.3, -0.25) is 9.59 Å². The highest BCUT2D eigenvalue weighted by atomic mass is 16.5. The number of carbonyl (C=O) groups is 2. The monoisotopic (exact) mass is 422 g/mol. The molecule has 1 saturated heterocycles. The molecule has 0 aliphatic carbocycles. The van der Waals surface area contributed by atoms with E-state index in [9.17, 15) is 9.59 Å². The second kappa shape index (κ2) is 9.52. The van der Waals surface area contributed by atoms with Gasteiger partial charge in [0.15, 0.2) is 5.78 Å². The number of ketones is 1. The standard InChI is InChI=1S/C25H30N2O4/c1-17-22(28)20-15-19(30-2)16-21(24(20)31-23(17)18-9-5-3-6-10-18)25(29)26-11-14-27-12-7-4-8-13-27/h3,5-6,9-10,15-17,23H,4,7-8,11-14H2,1-2H3,(H,26,29)/t17-,23+/m0/s1. The van der Waals surface area contributed by atoms with Gasteiger partial charge in [0.1, 0.15) is 17.6 Å². The second-order valence-electron chi connectivity index (χ2n) is 8.31. The Morgan fingerprint density at radius 3 is 2.61 bits per heavy atom. The van der Waals surface area contributed by atoms with E-state index < -0.39 is 6.10 Å². The number of amides is 1. The average molecular weight is 423 g/mol. The first-order valence-electron chi connectivity index (χ1n) is 11.1. The van der Waals surface area contributed by atoms with Gasteiger partial charge in [0.2, 0.25) is 0 Å². The zero-order valence-electron chi connectivity index (χ0n) is 18.2. The summed E-state index contributed by atoms with van der Waals surface area (Å²) in [5.74, 6) is 0.158. The molecule has 2 heterocycles. The summed E-state index contributed by atoms with van der Waals surface area (Å²) >= 11 is 0. The molecule has 0 radical (unpaired) electrons. The van der Waals surface area contributed by atoms with Crippen molar-refractivity contribution in [2.75, 3.05) is 33.3 Å². The molecule has 2 aromatic carbocycles. The number of methoxy groups -OCH3 is 1. The van der Waals surface area contributed by atoms with Crippen molar-refractivity contribution in [1.29, 1.82) is 0 Å². The average Bonchev–Trinajstić information content (AvgIpc) is 2.82. The third kappa shape index (κ3) is 4.59. The van der Waals surface area contributed by atoms with Gasteiger partial charge in [-0.1, -0.05) is 43.7 Å². The summed E-state index contributed by atoms with van der Waals surface area (Å²) in [6.45, 7) is 5.40. The lowest BCUT2D eigenvalue weighted by Crippen LogP contribution is -2.38. The molecule has 2 aromatic rings. The molecule has 2 aliphatic heterocycles. The molecule has 1 N–H and O–H groups in total. The molecular formula is C25H30N2O4. The first-order chi connectivity index (χ1) is 15.1. The van der Waals surface area contributed by atoms with Crippen molar-refractivity contribution in [3.05, 3.63) is 59.2 Å². The van der Waals surface area contributed by atoms with Gasteiger partial charge < -0.3 is 19.7 Å². The van der Waals surface area contributed by atoms with Gasteiger partial charge in [-0.05, 0) is 43.6 Å². The van der Waals surface area contributed by atoms with Crippen LogP contribution in [0.25, 0.3) is 0 Å². The summed E-state index contributed by atoms with van der Waals surface area (Å²) in [5, 5.41) is 3.00. The molecule has 0 unspecified atom stereocenters. The predicted octanol–water partition coefficient (Wildman–Crippen LogP) is 3.86. The van der Waals surface area contributed by atoms with Crippen LogP contribution in [0.4, 0.5) is 0 Å². The first kappa shape index (κ1) is 21.4. The number of ether oxygens (including phenoxy) is 2. The summed E-state index contributed by atoms with van der Waals surface area (Å²) in [6, 6.07) is 13.0. The number of nitrogens with zero attached hydrogens (tertiary/aromatic N) is 1. The quantitative estimate of drug-likeness (QED) is 0.766. The minimum absolute atomic E-state index is 0.0450. The Labute approximate surface area is 183 Å². The number of Topliss-reactive ketones (excluding diaryl/α,β-unsaturated/α-hetero) is 1. The number of carbonyl (C=O) groups excluding carboxylic acids is 2. The van der Waals surface area contributed by atoms with E-state index in [4.69, 9.17) is 9.47 Å². The van der Waals surface area contributed by atoms with Crippen molar-refractivity contribution < 1.29 is 19.1 Å². The Hall–Kier alpha value is -2.86. The van der Waals surface area contributed by atoms with Crippen LogP contribution >= 0.6 is 0 Å². The van der Waals surface area contributed by atoms with Crippen LogP contribution in [0.2, 0.25) is 0 Å². The summed E-state index contributed by atoms with van der Waals surface area (Å²) in [4.78, 5) is 28.6. The Morgan fingerprint density at radius 1 is 1.16 bits per heavy atom. The largest absolute Gasteiger partial charge is 0.497 e. The third-order valence-corrected chi connectivity index (χ3v) is 6.21. The number of benzene rings is 2. The minimum Gasteiger partial charge on any atom is -0.497 e. The third-order valence-electron chi connectivity index (χ3n) is 6.21. The smallest absolute Gasteiger partial charge is 0.255 e. The van der Waals surface area contributed by atoms with Crippen LogP contribution in [0.5, 0.6) is 11.5 Å². The van der Waals surface area contributed by atoms with E-state index in [-0.39, 0.29) is 17.6 Å². The summed E-state index contributed by atoms with van der Waals surface area (Å²) in [5.41, 5.74) is 1.66. The van der Waals surface area contributed by atoms with Crippen LogP contribution in [-0.4, -0.2) is 49.9 Å².